The van der Waals surface area contributed by atoms with Gasteiger partial charge in [0.15, 0.2) is 11.5 Å². The number of amides is 1. The van der Waals surface area contributed by atoms with E-state index in [1.54, 1.807) is 6.08 Å². The van der Waals surface area contributed by atoms with Gasteiger partial charge in [-0.1, -0.05) is 36.4 Å². The van der Waals surface area contributed by atoms with Gasteiger partial charge in [0.1, 0.15) is 0 Å². The molecule has 1 atom stereocenters. The third-order valence-electron chi connectivity index (χ3n) is 5.25. The van der Waals surface area contributed by atoms with E-state index >= 15 is 0 Å². The molecule has 2 aliphatic rings. The molecular weight excluding hydrogens is 352 g/mol. The third kappa shape index (κ3) is 2.95. The quantitative estimate of drug-likeness (QED) is 0.656. The van der Waals surface area contributed by atoms with E-state index in [1.807, 2.05) is 53.4 Å². The van der Waals surface area contributed by atoms with Crippen LogP contribution < -0.4 is 9.47 Å². The largest absolute Gasteiger partial charge is 0.454 e. The second-order valence-electron chi connectivity index (χ2n) is 6.92. The molecule has 140 valence electrons. The van der Waals surface area contributed by atoms with Crippen LogP contribution >= 0.6 is 0 Å². The summed E-state index contributed by atoms with van der Waals surface area (Å²) in [6, 6.07) is 19.9. The summed E-state index contributed by atoms with van der Waals surface area (Å²) in [6.45, 7) is 1.72. The molecule has 2 aromatic carbocycles. The van der Waals surface area contributed by atoms with Gasteiger partial charge in [0.05, 0.1) is 6.04 Å². The number of nitrogens with zero attached hydrogens (tertiary/aromatic N) is 2. The van der Waals surface area contributed by atoms with Gasteiger partial charge in [-0.25, -0.2) is 0 Å². The molecule has 0 spiro atoms. The third-order valence-corrected chi connectivity index (χ3v) is 5.25. The van der Waals surface area contributed by atoms with Crippen molar-refractivity contribution in [1.29, 1.82) is 0 Å². The average Bonchev–Trinajstić information content (AvgIpc) is 3.40. The highest BCUT2D eigenvalue weighted by atomic mass is 16.7. The Morgan fingerprint density at radius 2 is 1.82 bits per heavy atom. The van der Waals surface area contributed by atoms with E-state index in [0.29, 0.717) is 12.3 Å². The molecule has 0 N–H and O–H groups in total. The molecule has 5 heteroatoms. The van der Waals surface area contributed by atoms with Crippen LogP contribution in [0.4, 0.5) is 0 Å². The van der Waals surface area contributed by atoms with Crippen molar-refractivity contribution in [2.75, 3.05) is 13.3 Å². The van der Waals surface area contributed by atoms with Crippen molar-refractivity contribution < 1.29 is 14.3 Å². The van der Waals surface area contributed by atoms with Gasteiger partial charge >= 0.3 is 0 Å². The lowest BCUT2D eigenvalue weighted by Crippen LogP contribution is -2.41. The molecule has 0 saturated carbocycles. The van der Waals surface area contributed by atoms with Gasteiger partial charge in [-0.15, -0.1) is 0 Å². The standard InChI is InChI=1S/C23H20N2O3/c26-22(11-9-17-8-10-20-21(15-17)28-16-27-20)25-14-13-24-12-4-7-19(24)23(25)18-5-2-1-3-6-18/h1-12,15,23H,13-14,16H2/b11-9-/t23-/m1/s1. The summed E-state index contributed by atoms with van der Waals surface area (Å²) in [6.07, 6.45) is 5.56. The van der Waals surface area contributed by atoms with E-state index in [2.05, 4.69) is 29.0 Å². The number of aromatic nitrogens is 1. The fourth-order valence-corrected chi connectivity index (χ4v) is 3.89. The van der Waals surface area contributed by atoms with Crippen LogP contribution in [0.5, 0.6) is 11.5 Å². The Bertz CT molecular complexity index is 1040. The second-order valence-corrected chi connectivity index (χ2v) is 6.92. The first-order valence-corrected chi connectivity index (χ1v) is 9.38. The van der Waals surface area contributed by atoms with Crippen molar-refractivity contribution in [3.63, 3.8) is 0 Å². The zero-order chi connectivity index (χ0) is 18.9. The van der Waals surface area contributed by atoms with Gasteiger partial charge in [-0.3, -0.25) is 4.79 Å². The lowest BCUT2D eigenvalue weighted by Gasteiger charge is -2.36. The Morgan fingerprint density at radius 3 is 2.71 bits per heavy atom. The first-order chi connectivity index (χ1) is 13.8. The van der Waals surface area contributed by atoms with Crippen molar-refractivity contribution >= 4 is 12.0 Å². The zero-order valence-corrected chi connectivity index (χ0v) is 15.3. The van der Waals surface area contributed by atoms with E-state index in [0.717, 1.165) is 29.1 Å². The zero-order valence-electron chi connectivity index (χ0n) is 15.3. The summed E-state index contributed by atoms with van der Waals surface area (Å²) in [7, 11) is 0. The maximum atomic E-state index is 13.1. The van der Waals surface area contributed by atoms with E-state index in [9.17, 15) is 4.79 Å². The number of carbonyl (C=O) groups excluding carboxylic acids is 1. The average molecular weight is 372 g/mol. The fraction of sp³-hybridized carbons (Fsp3) is 0.174. The van der Waals surface area contributed by atoms with Gasteiger partial charge < -0.3 is 18.9 Å². The van der Waals surface area contributed by atoms with E-state index in [4.69, 9.17) is 9.47 Å². The summed E-state index contributed by atoms with van der Waals surface area (Å²) in [5.41, 5.74) is 3.17. The normalized spacial score (nSPS) is 17.7. The molecule has 0 unspecified atom stereocenters. The van der Waals surface area contributed by atoms with Crippen molar-refractivity contribution in [3.05, 3.63) is 89.8 Å². The van der Waals surface area contributed by atoms with Gasteiger partial charge in [0.25, 0.3) is 0 Å². The maximum Gasteiger partial charge on any atom is 0.247 e. The number of hydrogen-bond acceptors (Lipinski definition) is 3. The Morgan fingerprint density at radius 1 is 0.964 bits per heavy atom. The first kappa shape index (κ1) is 16.7. The SMILES string of the molecule is O=C(/C=C\c1ccc2c(c1)OCO2)N1CCn2cccc2[C@H]1c1ccccc1. The van der Waals surface area contributed by atoms with E-state index in [-0.39, 0.29) is 18.7 Å². The Labute approximate surface area is 163 Å². The predicted molar refractivity (Wildman–Crippen MR) is 106 cm³/mol. The number of rotatable bonds is 3. The highest BCUT2D eigenvalue weighted by molar-refractivity contribution is 5.92. The minimum absolute atomic E-state index is 0.000954. The van der Waals surface area contributed by atoms with Gasteiger partial charge in [0.2, 0.25) is 12.7 Å². The van der Waals surface area contributed by atoms with Gasteiger partial charge in [0, 0.05) is 31.1 Å². The van der Waals surface area contributed by atoms with Gasteiger partial charge in [-0.2, -0.15) is 0 Å². The van der Waals surface area contributed by atoms with E-state index < -0.39 is 0 Å². The maximum absolute atomic E-state index is 13.1. The minimum Gasteiger partial charge on any atom is -0.454 e. The van der Waals surface area contributed by atoms with Crippen LogP contribution in [0.3, 0.4) is 0 Å². The molecule has 3 heterocycles. The van der Waals surface area contributed by atoms with Crippen molar-refractivity contribution in [3.8, 4) is 11.5 Å². The summed E-state index contributed by atoms with van der Waals surface area (Å²) in [5.74, 6) is 1.45. The Balaban J connectivity index is 1.43. The Kier molecular flexibility index (Phi) is 4.13. The van der Waals surface area contributed by atoms with Crippen LogP contribution in [0.15, 0.2) is 72.9 Å². The second kappa shape index (κ2) is 6.93. The highest BCUT2D eigenvalue weighted by Gasteiger charge is 2.30. The lowest BCUT2D eigenvalue weighted by atomic mass is 10.00. The van der Waals surface area contributed by atoms with Crippen LogP contribution in [0, 0.1) is 0 Å². The van der Waals surface area contributed by atoms with Crippen LogP contribution in [-0.2, 0) is 11.3 Å². The molecule has 3 aromatic rings. The topological polar surface area (TPSA) is 43.7 Å². The molecule has 1 amide bonds. The monoisotopic (exact) mass is 372 g/mol. The van der Waals surface area contributed by atoms with Crippen molar-refractivity contribution in [2.45, 2.75) is 12.6 Å². The van der Waals surface area contributed by atoms with Crippen molar-refractivity contribution in [2.24, 2.45) is 0 Å². The number of benzene rings is 2. The van der Waals surface area contributed by atoms with Crippen molar-refractivity contribution in [1.82, 2.24) is 9.47 Å². The molecule has 0 fully saturated rings. The first-order valence-electron chi connectivity index (χ1n) is 9.38. The fourth-order valence-electron chi connectivity index (χ4n) is 3.89. The molecule has 0 radical (unpaired) electrons. The molecule has 28 heavy (non-hydrogen) atoms. The van der Waals surface area contributed by atoms with Crippen LogP contribution in [0.25, 0.3) is 6.08 Å². The van der Waals surface area contributed by atoms with Crippen LogP contribution in [0.1, 0.15) is 22.9 Å². The lowest BCUT2D eigenvalue weighted by molar-refractivity contribution is -0.128. The summed E-state index contributed by atoms with van der Waals surface area (Å²) in [4.78, 5) is 15.0. The van der Waals surface area contributed by atoms with Crippen LogP contribution in [0.2, 0.25) is 0 Å². The van der Waals surface area contributed by atoms with Gasteiger partial charge in [-0.05, 0) is 41.5 Å². The number of carbonyl (C=O) groups is 1. The molecule has 0 aliphatic carbocycles. The molecule has 1 aromatic heterocycles. The number of ether oxygens (including phenoxy) is 2. The number of fused-ring (bicyclic) bond motifs is 2. The molecule has 5 rings (SSSR count). The predicted octanol–water partition coefficient (Wildman–Crippen LogP) is 3.86. The summed E-state index contributed by atoms with van der Waals surface area (Å²) < 4.78 is 13.0. The van der Waals surface area contributed by atoms with Crippen LogP contribution in [-0.4, -0.2) is 28.7 Å². The molecular formula is C23H20N2O3. The molecule has 5 nitrogen and oxygen atoms in total. The Hall–Kier alpha value is -3.47. The summed E-state index contributed by atoms with van der Waals surface area (Å²) >= 11 is 0. The molecule has 2 aliphatic heterocycles. The summed E-state index contributed by atoms with van der Waals surface area (Å²) in [5, 5.41) is 0. The smallest absolute Gasteiger partial charge is 0.247 e. The molecule has 0 bridgehead atoms. The molecule has 0 saturated heterocycles. The highest BCUT2D eigenvalue weighted by Crippen LogP contribution is 2.34. The minimum atomic E-state index is -0.0844. The number of hydrogen-bond donors (Lipinski definition) is 0. The van der Waals surface area contributed by atoms with E-state index in [1.165, 1.54) is 0 Å².